The van der Waals surface area contributed by atoms with Crippen LogP contribution in [0.25, 0.3) is 16.7 Å². The van der Waals surface area contributed by atoms with Crippen molar-refractivity contribution in [2.45, 2.75) is 78.2 Å². The molecule has 45 heavy (non-hydrogen) atoms. The van der Waals surface area contributed by atoms with Crippen LogP contribution in [-0.4, -0.2) is 58.9 Å². The number of aromatic nitrogens is 2. The third-order valence-electron chi connectivity index (χ3n) is 9.12. The Morgan fingerprint density at radius 1 is 0.911 bits per heavy atom. The van der Waals surface area contributed by atoms with Gasteiger partial charge in [0.2, 0.25) is 0 Å². The Kier molecular flexibility index (Phi) is 11.0. The van der Waals surface area contributed by atoms with Crippen LogP contribution in [0.4, 0.5) is 16.2 Å². The Hall–Kier alpha value is -4.04. The molecule has 1 aliphatic heterocycles. The van der Waals surface area contributed by atoms with Crippen molar-refractivity contribution in [3.05, 3.63) is 77.4 Å². The molecule has 8 nitrogen and oxygen atoms in total. The Morgan fingerprint density at radius 3 is 2.53 bits per heavy atom. The molecule has 0 radical (unpaired) electrons. The van der Waals surface area contributed by atoms with Crippen LogP contribution in [0.1, 0.15) is 82.0 Å². The maximum absolute atomic E-state index is 13.9. The number of benzene rings is 1. The molecule has 2 N–H and O–H groups in total. The molecule has 3 amide bonds. The fraction of sp³-hybridized carbons (Fsp3) is 0.459. The summed E-state index contributed by atoms with van der Waals surface area (Å²) < 4.78 is 0. The minimum atomic E-state index is -0.213. The van der Waals surface area contributed by atoms with E-state index in [0.29, 0.717) is 11.4 Å². The standard InChI is InChI=1S/C37H48N6O2/c1-5-9-27-11-8-18-43(19-17-27)25-32-16-15-31(24-39-32)40-36(44)35-26(2)10-6-7-12-28-13-14-29(21-34(28)35)30-20-33(23-38-22-30)41-37(45)42(3)4/h13-16,20-24,27H,5-12,17-19,25H2,1-4H3,(H,40,44)(H,41,45). The number of amides is 3. The lowest BCUT2D eigenvalue weighted by molar-refractivity contribution is -0.111. The fourth-order valence-corrected chi connectivity index (χ4v) is 6.58. The molecule has 1 aliphatic carbocycles. The molecule has 1 saturated heterocycles. The highest BCUT2D eigenvalue weighted by atomic mass is 16.2. The molecule has 5 rings (SSSR count). The van der Waals surface area contributed by atoms with Gasteiger partial charge in [-0.3, -0.25) is 19.7 Å². The molecule has 8 heteroatoms. The molecule has 0 spiro atoms. The summed E-state index contributed by atoms with van der Waals surface area (Å²) in [5.74, 6) is 0.748. The average molecular weight is 609 g/mol. The number of hydrogen-bond donors (Lipinski definition) is 2. The second kappa shape index (κ2) is 15.3. The first kappa shape index (κ1) is 32.4. The van der Waals surface area contributed by atoms with Crippen molar-refractivity contribution in [3.63, 3.8) is 0 Å². The summed E-state index contributed by atoms with van der Waals surface area (Å²) in [4.78, 5) is 39.3. The summed E-state index contributed by atoms with van der Waals surface area (Å²) in [7, 11) is 3.40. The first-order chi connectivity index (χ1) is 21.8. The number of urea groups is 1. The molecule has 2 aromatic heterocycles. The smallest absolute Gasteiger partial charge is 0.321 e. The highest BCUT2D eigenvalue weighted by Gasteiger charge is 2.22. The van der Waals surface area contributed by atoms with E-state index in [-0.39, 0.29) is 11.9 Å². The van der Waals surface area contributed by atoms with Crippen LogP contribution in [0.2, 0.25) is 0 Å². The number of pyridine rings is 2. The van der Waals surface area contributed by atoms with Gasteiger partial charge in [-0.05, 0) is 112 Å². The van der Waals surface area contributed by atoms with E-state index in [0.717, 1.165) is 84.8 Å². The number of carbonyl (C=O) groups excluding carboxylic acids is 2. The van der Waals surface area contributed by atoms with Gasteiger partial charge < -0.3 is 15.5 Å². The molecular weight excluding hydrogens is 560 g/mol. The topological polar surface area (TPSA) is 90.5 Å². The highest BCUT2D eigenvalue weighted by molar-refractivity contribution is 6.26. The Balaban J connectivity index is 1.33. The van der Waals surface area contributed by atoms with E-state index >= 15 is 0 Å². The summed E-state index contributed by atoms with van der Waals surface area (Å²) in [6.07, 6.45) is 15.6. The SMILES string of the molecule is CCCC1CCCN(Cc2ccc(NC(=O)C3=C(C)CCCCc4ccc(-c5cncc(NC(=O)N(C)C)c5)cc43)cn2)CC1. The number of nitrogens with zero attached hydrogens (tertiary/aromatic N) is 4. The number of anilines is 2. The Morgan fingerprint density at radius 2 is 1.76 bits per heavy atom. The van der Waals surface area contributed by atoms with E-state index in [1.807, 2.05) is 18.2 Å². The van der Waals surface area contributed by atoms with Crippen molar-refractivity contribution in [2.24, 2.45) is 5.92 Å². The number of carbonyl (C=O) groups is 2. The van der Waals surface area contributed by atoms with Crippen LogP contribution in [0.3, 0.4) is 0 Å². The number of nitrogens with one attached hydrogen (secondary N) is 2. The van der Waals surface area contributed by atoms with Crippen molar-refractivity contribution >= 4 is 28.9 Å². The van der Waals surface area contributed by atoms with Gasteiger partial charge in [-0.2, -0.15) is 0 Å². The van der Waals surface area contributed by atoms with Crippen molar-refractivity contribution in [2.75, 3.05) is 37.8 Å². The van der Waals surface area contributed by atoms with Crippen molar-refractivity contribution in [1.29, 1.82) is 0 Å². The van der Waals surface area contributed by atoms with E-state index in [1.165, 1.54) is 42.6 Å². The highest BCUT2D eigenvalue weighted by Crippen LogP contribution is 2.34. The zero-order valence-corrected chi connectivity index (χ0v) is 27.4. The fourth-order valence-electron chi connectivity index (χ4n) is 6.58. The van der Waals surface area contributed by atoms with Gasteiger partial charge in [0, 0.05) is 38.0 Å². The van der Waals surface area contributed by atoms with Gasteiger partial charge in [-0.15, -0.1) is 0 Å². The van der Waals surface area contributed by atoms with E-state index < -0.39 is 0 Å². The molecule has 1 aromatic carbocycles. The Bertz CT molecular complexity index is 1510. The lowest BCUT2D eigenvalue weighted by Crippen LogP contribution is -2.27. The molecule has 3 heterocycles. The predicted octanol–water partition coefficient (Wildman–Crippen LogP) is 7.78. The van der Waals surface area contributed by atoms with Crippen molar-refractivity contribution < 1.29 is 9.59 Å². The monoisotopic (exact) mass is 608 g/mol. The molecule has 2 aliphatic rings. The Labute approximate surface area is 268 Å². The first-order valence-corrected chi connectivity index (χ1v) is 16.6. The molecular formula is C37H48N6O2. The molecule has 1 atom stereocenters. The van der Waals surface area contributed by atoms with Gasteiger partial charge in [0.25, 0.3) is 5.91 Å². The summed E-state index contributed by atoms with van der Waals surface area (Å²) in [6, 6.07) is 12.0. The second-order valence-electron chi connectivity index (χ2n) is 12.9. The van der Waals surface area contributed by atoms with Crippen LogP contribution in [0.5, 0.6) is 0 Å². The molecule has 1 fully saturated rings. The predicted molar refractivity (Wildman–Crippen MR) is 183 cm³/mol. The van der Waals surface area contributed by atoms with Crippen LogP contribution in [-0.2, 0) is 17.8 Å². The first-order valence-electron chi connectivity index (χ1n) is 16.6. The second-order valence-corrected chi connectivity index (χ2v) is 12.9. The molecule has 238 valence electrons. The summed E-state index contributed by atoms with van der Waals surface area (Å²) >= 11 is 0. The third-order valence-corrected chi connectivity index (χ3v) is 9.12. The zero-order chi connectivity index (χ0) is 31.8. The van der Waals surface area contributed by atoms with E-state index in [9.17, 15) is 9.59 Å². The average Bonchev–Trinajstić information content (AvgIpc) is 3.25. The van der Waals surface area contributed by atoms with Gasteiger partial charge in [0.15, 0.2) is 0 Å². The number of hydrogen-bond acceptors (Lipinski definition) is 5. The number of allylic oxidation sites excluding steroid dienone is 1. The van der Waals surface area contributed by atoms with Crippen LogP contribution in [0, 0.1) is 5.92 Å². The van der Waals surface area contributed by atoms with E-state index in [4.69, 9.17) is 4.98 Å². The molecule has 0 bridgehead atoms. The van der Waals surface area contributed by atoms with Crippen molar-refractivity contribution in [1.82, 2.24) is 19.8 Å². The van der Waals surface area contributed by atoms with Gasteiger partial charge in [0.05, 0.1) is 29.5 Å². The zero-order valence-electron chi connectivity index (χ0n) is 27.4. The van der Waals surface area contributed by atoms with E-state index in [2.05, 4.69) is 52.6 Å². The maximum atomic E-state index is 13.9. The quantitative estimate of drug-likeness (QED) is 0.273. The minimum absolute atomic E-state index is 0.109. The number of likely N-dealkylation sites (tertiary alicyclic amines) is 1. The number of rotatable bonds is 8. The normalized spacial score (nSPS) is 17.5. The molecule has 0 saturated carbocycles. The van der Waals surface area contributed by atoms with Gasteiger partial charge >= 0.3 is 6.03 Å². The summed E-state index contributed by atoms with van der Waals surface area (Å²) in [5.41, 5.74) is 8.12. The summed E-state index contributed by atoms with van der Waals surface area (Å²) in [5, 5.41) is 6.03. The number of aryl methyl sites for hydroxylation is 1. The largest absolute Gasteiger partial charge is 0.331 e. The van der Waals surface area contributed by atoms with Gasteiger partial charge in [-0.25, -0.2) is 4.79 Å². The molecule has 1 unspecified atom stereocenters. The lowest BCUT2D eigenvalue weighted by atomic mass is 9.86. The van der Waals surface area contributed by atoms with Crippen LogP contribution < -0.4 is 10.6 Å². The van der Waals surface area contributed by atoms with E-state index in [1.54, 1.807) is 32.7 Å². The summed E-state index contributed by atoms with van der Waals surface area (Å²) in [6.45, 7) is 7.46. The van der Waals surface area contributed by atoms with Gasteiger partial charge in [0.1, 0.15) is 0 Å². The number of fused-ring (bicyclic) bond motifs is 1. The molecule has 3 aromatic rings. The van der Waals surface area contributed by atoms with Crippen LogP contribution >= 0.6 is 0 Å². The third kappa shape index (κ3) is 8.57. The lowest BCUT2D eigenvalue weighted by Gasteiger charge is -2.21. The van der Waals surface area contributed by atoms with Gasteiger partial charge in [-0.1, -0.05) is 37.5 Å². The van der Waals surface area contributed by atoms with Crippen molar-refractivity contribution in [3.8, 4) is 11.1 Å². The maximum Gasteiger partial charge on any atom is 0.321 e. The van der Waals surface area contributed by atoms with Crippen LogP contribution in [0.15, 0.2) is 60.6 Å². The minimum Gasteiger partial charge on any atom is -0.331 e.